The summed E-state index contributed by atoms with van der Waals surface area (Å²) in [6, 6.07) is 6.91. The van der Waals surface area contributed by atoms with Gasteiger partial charge in [0.15, 0.2) is 0 Å². The van der Waals surface area contributed by atoms with E-state index in [4.69, 9.17) is 0 Å². The third-order valence-electron chi connectivity index (χ3n) is 5.14. The molecule has 2 N–H and O–H groups in total. The van der Waals surface area contributed by atoms with E-state index in [1.165, 1.54) is 0 Å². The van der Waals surface area contributed by atoms with Crippen LogP contribution in [0.15, 0.2) is 24.3 Å². The maximum atomic E-state index is 12.4. The molecule has 0 radical (unpaired) electrons. The lowest BCUT2D eigenvalue weighted by Crippen LogP contribution is -2.60. The van der Waals surface area contributed by atoms with Gasteiger partial charge in [-0.05, 0) is 42.7 Å². The van der Waals surface area contributed by atoms with Crippen molar-refractivity contribution < 1.29 is 18.3 Å². The number of fused-ring (bicyclic) bond motifs is 1. The minimum atomic E-state index is -3.54. The van der Waals surface area contributed by atoms with Crippen molar-refractivity contribution in [3.63, 3.8) is 0 Å². The van der Waals surface area contributed by atoms with Gasteiger partial charge in [0.25, 0.3) is 0 Å². The van der Waals surface area contributed by atoms with Gasteiger partial charge >= 0.3 is 5.97 Å². The molecule has 2 aliphatic rings. The number of rotatable bonds is 5. The summed E-state index contributed by atoms with van der Waals surface area (Å²) in [7, 11) is -3.54. The molecule has 6 heteroatoms. The van der Waals surface area contributed by atoms with Crippen LogP contribution in [-0.2, 0) is 20.6 Å². The average Bonchev–Trinajstić information content (AvgIpc) is 2.82. The lowest BCUT2D eigenvalue weighted by atomic mass is 9.63. The first kappa shape index (κ1) is 15.5. The molecule has 2 saturated carbocycles. The highest BCUT2D eigenvalue weighted by molar-refractivity contribution is 7.88. The first-order valence-corrected chi connectivity index (χ1v) is 9.31. The van der Waals surface area contributed by atoms with Crippen molar-refractivity contribution in [3.8, 4) is 0 Å². The van der Waals surface area contributed by atoms with Gasteiger partial charge < -0.3 is 5.11 Å². The molecule has 0 amide bonds. The Kier molecular flexibility index (Phi) is 3.99. The molecule has 3 rings (SSSR count). The Balaban J connectivity index is 1.74. The van der Waals surface area contributed by atoms with Gasteiger partial charge in [-0.3, -0.25) is 4.79 Å². The lowest BCUT2D eigenvalue weighted by Gasteiger charge is -2.46. The number of carboxylic acids is 1. The summed E-state index contributed by atoms with van der Waals surface area (Å²) in [5, 5.41) is 9.35. The average molecular weight is 323 g/mol. The summed E-state index contributed by atoms with van der Waals surface area (Å²) >= 11 is 0. The molecule has 0 heterocycles. The highest BCUT2D eigenvalue weighted by Gasteiger charge is 2.56. The second-order valence-corrected chi connectivity index (χ2v) is 8.21. The standard InChI is InChI=1S/C16H21NO4S/c1-10-5-2-3-6-11(10)9-22(20,21)17-15-13-8-4-7-12(13)14(15)16(18)19/h2-3,5-6,12-15,17H,4,7-9H2,1H3,(H,18,19)/t12-,13+,14-,15-/m0/s1. The second kappa shape index (κ2) is 5.66. The maximum absolute atomic E-state index is 12.4. The molecule has 2 aliphatic carbocycles. The SMILES string of the molecule is Cc1ccccc1CS(=O)(=O)N[C@H]1[C@@H]2CCC[C@@H]2[C@@H]1C(=O)O. The second-order valence-electron chi connectivity index (χ2n) is 6.45. The largest absolute Gasteiger partial charge is 0.481 e. The smallest absolute Gasteiger partial charge is 0.308 e. The van der Waals surface area contributed by atoms with Crippen LogP contribution in [0.25, 0.3) is 0 Å². The van der Waals surface area contributed by atoms with Crippen molar-refractivity contribution in [2.45, 2.75) is 38.0 Å². The monoisotopic (exact) mass is 323 g/mol. The van der Waals surface area contributed by atoms with Crippen molar-refractivity contribution >= 4 is 16.0 Å². The van der Waals surface area contributed by atoms with Crippen molar-refractivity contribution in [3.05, 3.63) is 35.4 Å². The Morgan fingerprint density at radius 1 is 1.27 bits per heavy atom. The van der Waals surface area contributed by atoms with E-state index < -0.39 is 28.0 Å². The summed E-state index contributed by atoms with van der Waals surface area (Å²) in [6.45, 7) is 1.88. The Bertz CT molecular complexity index is 685. The van der Waals surface area contributed by atoms with Gasteiger partial charge in [-0.25, -0.2) is 13.1 Å². The van der Waals surface area contributed by atoms with E-state index in [1.54, 1.807) is 6.07 Å². The van der Waals surface area contributed by atoms with E-state index in [-0.39, 0.29) is 17.6 Å². The molecular weight excluding hydrogens is 302 g/mol. The molecule has 22 heavy (non-hydrogen) atoms. The zero-order valence-corrected chi connectivity index (χ0v) is 13.3. The molecule has 120 valence electrons. The zero-order valence-electron chi connectivity index (χ0n) is 12.5. The Hall–Kier alpha value is -1.40. The summed E-state index contributed by atoms with van der Waals surface area (Å²) < 4.78 is 27.5. The van der Waals surface area contributed by atoms with Crippen LogP contribution in [-0.4, -0.2) is 25.5 Å². The van der Waals surface area contributed by atoms with E-state index in [0.29, 0.717) is 0 Å². The predicted molar refractivity (Wildman–Crippen MR) is 82.7 cm³/mol. The highest BCUT2D eigenvalue weighted by atomic mass is 32.2. The van der Waals surface area contributed by atoms with Gasteiger partial charge in [0, 0.05) is 6.04 Å². The molecule has 0 saturated heterocycles. The first-order chi connectivity index (χ1) is 10.4. The maximum Gasteiger partial charge on any atom is 0.308 e. The number of sulfonamides is 1. The normalized spacial score (nSPS) is 30.6. The molecular formula is C16H21NO4S. The van der Waals surface area contributed by atoms with Crippen molar-refractivity contribution in [1.29, 1.82) is 0 Å². The van der Waals surface area contributed by atoms with Crippen LogP contribution in [0.5, 0.6) is 0 Å². The van der Waals surface area contributed by atoms with Crippen LogP contribution in [0, 0.1) is 24.7 Å². The number of nitrogens with one attached hydrogen (secondary N) is 1. The van der Waals surface area contributed by atoms with Crippen molar-refractivity contribution in [2.24, 2.45) is 17.8 Å². The predicted octanol–water partition coefficient (Wildman–Crippen LogP) is 1.91. The fourth-order valence-electron chi connectivity index (χ4n) is 4.02. The Morgan fingerprint density at radius 2 is 1.95 bits per heavy atom. The fourth-order valence-corrected chi connectivity index (χ4v) is 5.57. The molecule has 5 nitrogen and oxygen atoms in total. The third kappa shape index (κ3) is 2.77. The first-order valence-electron chi connectivity index (χ1n) is 7.66. The Labute approximate surface area is 130 Å². The lowest BCUT2D eigenvalue weighted by molar-refractivity contribution is -0.152. The van der Waals surface area contributed by atoms with E-state index in [1.807, 2.05) is 25.1 Å². The molecule has 0 aromatic heterocycles. The van der Waals surface area contributed by atoms with Crippen LogP contribution in [0.1, 0.15) is 30.4 Å². The van der Waals surface area contributed by atoms with E-state index >= 15 is 0 Å². The van der Waals surface area contributed by atoms with Crippen molar-refractivity contribution in [1.82, 2.24) is 4.72 Å². The van der Waals surface area contributed by atoms with Gasteiger partial charge in [0.2, 0.25) is 10.0 Å². The summed E-state index contributed by atoms with van der Waals surface area (Å²) in [4.78, 5) is 11.4. The molecule has 0 spiro atoms. The molecule has 1 aromatic rings. The van der Waals surface area contributed by atoms with E-state index in [2.05, 4.69) is 4.72 Å². The van der Waals surface area contributed by atoms with Gasteiger partial charge in [-0.15, -0.1) is 0 Å². The summed E-state index contributed by atoms with van der Waals surface area (Å²) in [6.07, 6.45) is 2.82. The summed E-state index contributed by atoms with van der Waals surface area (Å²) in [5.41, 5.74) is 1.68. The van der Waals surface area contributed by atoms with Gasteiger partial charge in [-0.1, -0.05) is 30.7 Å². The van der Waals surface area contributed by atoms with E-state index in [9.17, 15) is 18.3 Å². The molecule has 1 aromatic carbocycles. The topological polar surface area (TPSA) is 83.5 Å². The number of benzene rings is 1. The van der Waals surface area contributed by atoms with Crippen molar-refractivity contribution in [2.75, 3.05) is 0 Å². The van der Waals surface area contributed by atoms with Crippen LogP contribution in [0.2, 0.25) is 0 Å². The zero-order chi connectivity index (χ0) is 15.9. The minimum absolute atomic E-state index is 0.0973. The van der Waals surface area contributed by atoms with Gasteiger partial charge in [0.1, 0.15) is 0 Å². The number of aliphatic carboxylic acids is 1. The van der Waals surface area contributed by atoms with Gasteiger partial charge in [-0.2, -0.15) is 0 Å². The number of aryl methyl sites for hydroxylation is 1. The van der Waals surface area contributed by atoms with Crippen LogP contribution in [0.3, 0.4) is 0 Å². The number of carboxylic acid groups (broad SMARTS) is 1. The molecule has 0 aliphatic heterocycles. The van der Waals surface area contributed by atoms with Crippen LogP contribution >= 0.6 is 0 Å². The number of hydrogen-bond donors (Lipinski definition) is 2. The van der Waals surface area contributed by atoms with Crippen LogP contribution in [0.4, 0.5) is 0 Å². The van der Waals surface area contributed by atoms with Gasteiger partial charge in [0.05, 0.1) is 11.7 Å². The highest BCUT2D eigenvalue weighted by Crippen LogP contribution is 2.51. The molecule has 4 atom stereocenters. The number of carbonyl (C=O) groups is 1. The molecule has 2 fully saturated rings. The van der Waals surface area contributed by atoms with Crippen LogP contribution < -0.4 is 4.72 Å². The fraction of sp³-hybridized carbons (Fsp3) is 0.562. The minimum Gasteiger partial charge on any atom is -0.481 e. The quantitative estimate of drug-likeness (QED) is 0.867. The molecule has 0 bridgehead atoms. The Morgan fingerprint density at radius 3 is 2.64 bits per heavy atom. The van der Waals surface area contributed by atoms with E-state index in [0.717, 1.165) is 30.4 Å². The third-order valence-corrected chi connectivity index (χ3v) is 6.46. The molecule has 0 unspecified atom stereocenters. The number of hydrogen-bond acceptors (Lipinski definition) is 3. The summed E-state index contributed by atoms with van der Waals surface area (Å²) in [5.74, 6) is -1.22.